The maximum atomic E-state index is 13.8. The third-order valence-corrected chi connectivity index (χ3v) is 9.43. The Balaban J connectivity index is 1.46. The van der Waals surface area contributed by atoms with Crippen molar-refractivity contribution >= 4 is 45.9 Å². The molecule has 0 aromatic heterocycles. The molecule has 5 atom stereocenters. The maximum absolute atomic E-state index is 13.8. The number of nitrogens with one attached hydrogen (secondary N) is 2. The summed E-state index contributed by atoms with van der Waals surface area (Å²) in [6, 6.07) is 13.1. The number of thioether (sulfide) groups is 1. The van der Waals surface area contributed by atoms with Gasteiger partial charge < -0.3 is 20.6 Å². The van der Waals surface area contributed by atoms with Crippen molar-refractivity contribution in [1.82, 2.24) is 10.2 Å². The van der Waals surface area contributed by atoms with Gasteiger partial charge in [-0.3, -0.25) is 14.4 Å². The van der Waals surface area contributed by atoms with Crippen molar-refractivity contribution in [3.8, 4) is 0 Å². The first-order valence-corrected chi connectivity index (χ1v) is 13.0. The number of fused-ring (bicyclic) bond motifs is 2. The van der Waals surface area contributed by atoms with Crippen LogP contribution in [-0.2, 0) is 14.4 Å². The van der Waals surface area contributed by atoms with Gasteiger partial charge in [0.05, 0.1) is 16.6 Å². The summed E-state index contributed by atoms with van der Waals surface area (Å²) in [6.45, 7) is 2.83. The lowest BCUT2D eigenvalue weighted by molar-refractivity contribution is -0.139. The van der Waals surface area contributed by atoms with E-state index in [1.54, 1.807) is 16.7 Å². The molecular weight excluding hydrogens is 450 g/mol. The normalized spacial score (nSPS) is 29.5. The van der Waals surface area contributed by atoms with Crippen LogP contribution in [0.15, 0.2) is 42.5 Å². The first kappa shape index (κ1) is 23.2. The van der Waals surface area contributed by atoms with Crippen molar-refractivity contribution in [2.45, 2.75) is 48.6 Å². The Labute approximate surface area is 203 Å². The van der Waals surface area contributed by atoms with Crippen molar-refractivity contribution in [2.24, 2.45) is 11.8 Å². The van der Waals surface area contributed by atoms with Crippen molar-refractivity contribution < 1.29 is 19.5 Å². The van der Waals surface area contributed by atoms with Gasteiger partial charge in [-0.2, -0.15) is 0 Å². The molecule has 3 fully saturated rings. The molecule has 3 aliphatic heterocycles. The van der Waals surface area contributed by atoms with Gasteiger partial charge in [-0.1, -0.05) is 37.3 Å². The van der Waals surface area contributed by atoms with Crippen LogP contribution >= 0.6 is 11.8 Å². The molecule has 3 amide bonds. The first-order valence-electron chi connectivity index (χ1n) is 12.2. The summed E-state index contributed by atoms with van der Waals surface area (Å²) >= 11 is 1.66. The second-order valence-corrected chi connectivity index (χ2v) is 11.1. The number of likely N-dealkylation sites (tertiary alicyclic amines) is 1. The molecule has 0 saturated carbocycles. The second kappa shape index (κ2) is 9.23. The Morgan fingerprint density at radius 2 is 1.97 bits per heavy atom. The van der Waals surface area contributed by atoms with Gasteiger partial charge in [0.25, 0.3) is 0 Å². The van der Waals surface area contributed by atoms with E-state index in [4.69, 9.17) is 0 Å². The van der Waals surface area contributed by atoms with E-state index in [-0.39, 0.29) is 29.6 Å². The topological polar surface area (TPSA) is 98.7 Å². The lowest BCUT2D eigenvalue weighted by Crippen LogP contribution is -2.52. The van der Waals surface area contributed by atoms with Gasteiger partial charge in [-0.05, 0) is 48.6 Å². The average Bonchev–Trinajstić information content (AvgIpc) is 3.48. The highest BCUT2D eigenvalue weighted by Crippen LogP contribution is 2.66. The van der Waals surface area contributed by atoms with E-state index in [9.17, 15) is 19.5 Å². The molecule has 3 saturated heterocycles. The molecule has 8 heteroatoms. The molecule has 0 radical (unpaired) electrons. The number of amides is 3. The van der Waals surface area contributed by atoms with Crippen LogP contribution in [0.25, 0.3) is 10.8 Å². The van der Waals surface area contributed by atoms with E-state index < -0.39 is 22.6 Å². The Bertz CT molecular complexity index is 1120. The Morgan fingerprint density at radius 1 is 1.18 bits per heavy atom. The summed E-state index contributed by atoms with van der Waals surface area (Å²) in [5.74, 6) is -1.32. The predicted octanol–water partition coefficient (Wildman–Crippen LogP) is 2.78. The fourth-order valence-corrected chi connectivity index (χ4v) is 8.30. The van der Waals surface area contributed by atoms with Gasteiger partial charge in [-0.25, -0.2) is 0 Å². The SMILES string of the molecule is CCCNC(=O)[C@@H]1[C@H]2C(=O)N(CCCO)C(C(=O)Nc3ccc4ccccc4c3)C23CC[C@H]1S3. The van der Waals surface area contributed by atoms with Crippen molar-refractivity contribution in [2.75, 3.05) is 25.0 Å². The van der Waals surface area contributed by atoms with Crippen LogP contribution in [0.2, 0.25) is 0 Å². The molecular formula is C26H31N3O4S. The summed E-state index contributed by atoms with van der Waals surface area (Å²) in [6.07, 6.45) is 2.79. The summed E-state index contributed by atoms with van der Waals surface area (Å²) < 4.78 is -0.605. The molecule has 5 rings (SSSR count). The van der Waals surface area contributed by atoms with Gasteiger partial charge in [0.2, 0.25) is 17.7 Å². The maximum Gasteiger partial charge on any atom is 0.248 e. The van der Waals surface area contributed by atoms with Crippen LogP contribution in [0.5, 0.6) is 0 Å². The molecule has 2 unspecified atom stereocenters. The largest absolute Gasteiger partial charge is 0.396 e. The van der Waals surface area contributed by atoms with Gasteiger partial charge >= 0.3 is 0 Å². The number of carbonyl (C=O) groups is 3. The number of carbonyl (C=O) groups excluding carboxylic acids is 3. The highest BCUT2D eigenvalue weighted by atomic mass is 32.2. The monoisotopic (exact) mass is 481 g/mol. The lowest BCUT2D eigenvalue weighted by Gasteiger charge is -2.34. The number of aliphatic hydroxyl groups excluding tert-OH is 1. The molecule has 34 heavy (non-hydrogen) atoms. The number of hydrogen-bond donors (Lipinski definition) is 3. The Hall–Kier alpha value is -2.58. The predicted molar refractivity (Wildman–Crippen MR) is 133 cm³/mol. The quantitative estimate of drug-likeness (QED) is 0.539. The summed E-state index contributed by atoms with van der Waals surface area (Å²) in [5, 5.41) is 17.7. The molecule has 180 valence electrons. The second-order valence-electron chi connectivity index (χ2n) is 9.51. The van der Waals surface area contributed by atoms with Crippen LogP contribution in [0.4, 0.5) is 5.69 Å². The van der Waals surface area contributed by atoms with E-state index in [0.29, 0.717) is 25.2 Å². The van der Waals surface area contributed by atoms with E-state index in [1.807, 2.05) is 49.4 Å². The number of anilines is 1. The Kier molecular flexibility index (Phi) is 6.29. The van der Waals surface area contributed by atoms with Crippen LogP contribution in [0.1, 0.15) is 32.6 Å². The summed E-state index contributed by atoms with van der Waals surface area (Å²) in [7, 11) is 0. The lowest BCUT2D eigenvalue weighted by atomic mass is 9.70. The molecule has 3 heterocycles. The van der Waals surface area contributed by atoms with E-state index in [2.05, 4.69) is 10.6 Å². The minimum atomic E-state index is -0.665. The third-order valence-electron chi connectivity index (χ3n) is 7.47. The number of aliphatic hydroxyl groups is 1. The standard InChI is InChI=1S/C26H31N3O4S/c1-2-12-27-23(31)20-19-10-11-26(34-19)21(20)25(33)29(13-5-14-30)22(26)24(32)28-18-9-8-16-6-3-4-7-17(16)15-18/h3-4,6-9,15,19-22,30H,2,5,10-14H2,1H3,(H,27,31)(H,28,32)/t19-,20+,21+,22?,26?/m1/s1. The highest BCUT2D eigenvalue weighted by molar-refractivity contribution is 8.02. The molecule has 2 aromatic rings. The number of rotatable bonds is 8. The Morgan fingerprint density at radius 3 is 2.74 bits per heavy atom. The van der Waals surface area contributed by atoms with Gasteiger partial charge in [0.1, 0.15) is 6.04 Å². The zero-order valence-corrected chi connectivity index (χ0v) is 20.1. The fourth-order valence-electron chi connectivity index (χ4n) is 6.08. The first-order chi connectivity index (χ1) is 16.5. The molecule has 7 nitrogen and oxygen atoms in total. The molecule has 2 aromatic carbocycles. The molecule has 1 spiro atoms. The van der Waals surface area contributed by atoms with E-state index in [1.165, 1.54) is 0 Å². The molecule has 0 aliphatic carbocycles. The zero-order chi connectivity index (χ0) is 23.9. The van der Waals surface area contributed by atoms with Crippen LogP contribution in [-0.4, -0.2) is 63.5 Å². The van der Waals surface area contributed by atoms with Gasteiger partial charge in [0.15, 0.2) is 0 Å². The minimum Gasteiger partial charge on any atom is -0.396 e. The smallest absolute Gasteiger partial charge is 0.248 e. The average molecular weight is 482 g/mol. The minimum absolute atomic E-state index is 0.0572. The van der Waals surface area contributed by atoms with E-state index in [0.717, 1.165) is 30.0 Å². The number of benzene rings is 2. The number of nitrogens with zero attached hydrogens (tertiary/aromatic N) is 1. The van der Waals surface area contributed by atoms with Crippen molar-refractivity contribution in [3.63, 3.8) is 0 Å². The summed E-state index contributed by atoms with van der Waals surface area (Å²) in [4.78, 5) is 42.1. The molecule has 3 N–H and O–H groups in total. The fraction of sp³-hybridized carbons (Fsp3) is 0.500. The molecule has 3 aliphatic rings. The van der Waals surface area contributed by atoms with E-state index >= 15 is 0 Å². The van der Waals surface area contributed by atoms with Crippen LogP contribution < -0.4 is 10.6 Å². The number of hydrogen-bond acceptors (Lipinski definition) is 5. The van der Waals surface area contributed by atoms with Crippen molar-refractivity contribution in [3.05, 3.63) is 42.5 Å². The van der Waals surface area contributed by atoms with Gasteiger partial charge in [-0.15, -0.1) is 11.8 Å². The zero-order valence-electron chi connectivity index (χ0n) is 19.3. The van der Waals surface area contributed by atoms with Crippen LogP contribution in [0, 0.1) is 11.8 Å². The van der Waals surface area contributed by atoms with Gasteiger partial charge in [0, 0.05) is 30.6 Å². The van der Waals surface area contributed by atoms with Crippen molar-refractivity contribution in [1.29, 1.82) is 0 Å². The third kappa shape index (κ3) is 3.67. The highest BCUT2D eigenvalue weighted by Gasteiger charge is 2.73. The molecule has 2 bridgehead atoms. The van der Waals surface area contributed by atoms with Crippen LogP contribution in [0.3, 0.4) is 0 Å². The summed E-state index contributed by atoms with van der Waals surface area (Å²) in [5.41, 5.74) is 0.688.